The van der Waals surface area contributed by atoms with Crippen LogP contribution in [-0.4, -0.2) is 23.4 Å². The number of carbonyl (C=O) groups is 2. The molecule has 3 aromatic carbocycles. The number of rotatable bonds is 7. The number of oxazole rings is 1. The molecule has 1 fully saturated rings. The molecular formula is C28H24N2O4. The molecule has 1 aliphatic heterocycles. The molecule has 0 spiro atoms. The van der Waals surface area contributed by atoms with E-state index in [-0.39, 0.29) is 18.3 Å². The van der Waals surface area contributed by atoms with E-state index in [1.165, 1.54) is 0 Å². The number of hydrogen-bond donors (Lipinski definition) is 0. The molecule has 0 unspecified atom stereocenters. The Morgan fingerprint density at radius 2 is 1.59 bits per heavy atom. The number of benzene rings is 3. The second-order valence-electron chi connectivity index (χ2n) is 8.13. The summed E-state index contributed by atoms with van der Waals surface area (Å²) in [6.45, 7) is 0.726. The maximum atomic E-state index is 12.5. The molecule has 0 bridgehead atoms. The topological polar surface area (TPSA) is 72.6 Å². The van der Waals surface area contributed by atoms with Crippen molar-refractivity contribution in [2.45, 2.75) is 25.7 Å². The van der Waals surface area contributed by atoms with Crippen molar-refractivity contribution >= 4 is 17.6 Å². The molecule has 6 nitrogen and oxygen atoms in total. The van der Waals surface area contributed by atoms with Crippen molar-refractivity contribution in [2.24, 2.45) is 0 Å². The van der Waals surface area contributed by atoms with Gasteiger partial charge < -0.3 is 14.1 Å². The van der Waals surface area contributed by atoms with E-state index in [4.69, 9.17) is 9.15 Å². The summed E-state index contributed by atoms with van der Waals surface area (Å²) in [5.41, 5.74) is 3.46. The largest absolute Gasteiger partial charge is 0.440 e. The molecule has 4 aromatic rings. The minimum Gasteiger partial charge on any atom is -0.440 e. The van der Waals surface area contributed by atoms with Crippen LogP contribution in [-0.2, 0) is 16.0 Å². The maximum absolute atomic E-state index is 12.5. The molecule has 1 saturated heterocycles. The van der Waals surface area contributed by atoms with E-state index in [9.17, 15) is 9.59 Å². The van der Waals surface area contributed by atoms with Crippen molar-refractivity contribution < 1.29 is 18.7 Å². The van der Waals surface area contributed by atoms with Gasteiger partial charge in [0, 0.05) is 36.2 Å². The highest BCUT2D eigenvalue weighted by Crippen LogP contribution is 2.33. The Kier molecular flexibility index (Phi) is 6.21. The highest BCUT2D eigenvalue weighted by Gasteiger charge is 2.22. The van der Waals surface area contributed by atoms with Gasteiger partial charge in [0.15, 0.2) is 11.7 Å². The molecular weight excluding hydrogens is 428 g/mol. The molecule has 1 amide bonds. The minimum atomic E-state index is -0.370. The van der Waals surface area contributed by atoms with Crippen LogP contribution >= 0.6 is 0 Å². The van der Waals surface area contributed by atoms with Crippen LogP contribution in [0, 0.1) is 0 Å². The Bertz CT molecular complexity index is 1220. The number of aromatic nitrogens is 1. The predicted octanol–water partition coefficient (Wildman–Crippen LogP) is 5.67. The monoisotopic (exact) mass is 452 g/mol. The van der Waals surface area contributed by atoms with Gasteiger partial charge in [-0.05, 0) is 30.7 Å². The van der Waals surface area contributed by atoms with Crippen LogP contribution in [0.2, 0.25) is 0 Å². The lowest BCUT2D eigenvalue weighted by Crippen LogP contribution is -2.23. The Morgan fingerprint density at radius 3 is 2.24 bits per heavy atom. The normalized spacial score (nSPS) is 13.3. The van der Waals surface area contributed by atoms with Gasteiger partial charge in [0.1, 0.15) is 11.4 Å². The number of hydrogen-bond acceptors (Lipinski definition) is 5. The first-order valence-corrected chi connectivity index (χ1v) is 11.4. The summed E-state index contributed by atoms with van der Waals surface area (Å²) in [6.07, 6.45) is 1.91. The number of amides is 1. The molecule has 0 saturated carbocycles. The first kappa shape index (κ1) is 21.6. The van der Waals surface area contributed by atoms with Gasteiger partial charge in [-0.2, -0.15) is 0 Å². The van der Waals surface area contributed by atoms with E-state index in [0.29, 0.717) is 30.2 Å². The predicted molar refractivity (Wildman–Crippen MR) is 129 cm³/mol. The molecule has 5 rings (SSSR count). The van der Waals surface area contributed by atoms with Gasteiger partial charge in [-0.15, -0.1) is 0 Å². The zero-order chi connectivity index (χ0) is 23.3. The second kappa shape index (κ2) is 9.75. The lowest BCUT2D eigenvalue weighted by atomic mass is 10.1. The van der Waals surface area contributed by atoms with Crippen molar-refractivity contribution in [3.05, 3.63) is 90.8 Å². The molecule has 6 heteroatoms. The first-order chi connectivity index (χ1) is 16.7. The molecule has 0 radical (unpaired) electrons. The fourth-order valence-electron chi connectivity index (χ4n) is 4.05. The van der Waals surface area contributed by atoms with E-state index in [2.05, 4.69) is 4.98 Å². The highest BCUT2D eigenvalue weighted by atomic mass is 16.5. The lowest BCUT2D eigenvalue weighted by molar-refractivity contribution is -0.134. The number of aryl methyl sites for hydroxylation is 1. The SMILES string of the molecule is O=C(CCc1nc(-c2ccccc2)c(-c2ccccc2)o1)Oc1ccc(N2CCCC2=O)cc1. The molecule has 170 valence electrons. The minimum absolute atomic E-state index is 0.125. The van der Waals surface area contributed by atoms with Gasteiger partial charge in [-0.3, -0.25) is 9.59 Å². The summed E-state index contributed by atoms with van der Waals surface area (Å²) in [7, 11) is 0. The summed E-state index contributed by atoms with van der Waals surface area (Å²) < 4.78 is 11.6. The fraction of sp³-hybridized carbons (Fsp3) is 0.179. The number of anilines is 1. The third-order valence-electron chi connectivity index (χ3n) is 5.75. The molecule has 2 heterocycles. The molecule has 0 N–H and O–H groups in total. The van der Waals surface area contributed by atoms with Crippen LogP contribution in [0.15, 0.2) is 89.3 Å². The standard InChI is InChI=1S/C28H24N2O4/c31-25-12-7-19-30(25)22-13-15-23(16-14-22)33-26(32)18-17-24-29-27(20-8-3-1-4-9-20)28(34-24)21-10-5-2-6-11-21/h1-6,8-11,13-16H,7,12,17-19H2. The van der Waals surface area contributed by atoms with Gasteiger partial charge >= 0.3 is 5.97 Å². The van der Waals surface area contributed by atoms with Crippen molar-refractivity contribution in [3.63, 3.8) is 0 Å². The van der Waals surface area contributed by atoms with Crippen LogP contribution in [0.3, 0.4) is 0 Å². The number of carbonyl (C=O) groups excluding carboxylic acids is 2. The van der Waals surface area contributed by atoms with Crippen LogP contribution in [0.5, 0.6) is 5.75 Å². The Labute approximate surface area is 197 Å². The zero-order valence-corrected chi connectivity index (χ0v) is 18.6. The Morgan fingerprint density at radius 1 is 0.912 bits per heavy atom. The molecule has 34 heavy (non-hydrogen) atoms. The summed E-state index contributed by atoms with van der Waals surface area (Å²) in [6, 6.07) is 26.7. The zero-order valence-electron chi connectivity index (χ0n) is 18.6. The van der Waals surface area contributed by atoms with Gasteiger partial charge in [0.2, 0.25) is 5.91 Å². The average Bonchev–Trinajstić information content (AvgIpc) is 3.51. The van der Waals surface area contributed by atoms with E-state index in [1.54, 1.807) is 29.2 Å². The maximum Gasteiger partial charge on any atom is 0.311 e. The molecule has 1 aromatic heterocycles. The molecule has 0 aliphatic carbocycles. The molecule has 0 atom stereocenters. The summed E-state index contributed by atoms with van der Waals surface area (Å²) >= 11 is 0. The smallest absolute Gasteiger partial charge is 0.311 e. The van der Waals surface area contributed by atoms with Crippen LogP contribution < -0.4 is 9.64 Å². The third-order valence-corrected chi connectivity index (χ3v) is 5.75. The van der Waals surface area contributed by atoms with Crippen molar-refractivity contribution in [3.8, 4) is 28.3 Å². The number of ether oxygens (including phenoxy) is 1. The van der Waals surface area contributed by atoms with E-state index >= 15 is 0 Å². The highest BCUT2D eigenvalue weighted by molar-refractivity contribution is 5.95. The number of esters is 1. The van der Waals surface area contributed by atoms with Gasteiger partial charge in [0.05, 0.1) is 6.42 Å². The van der Waals surface area contributed by atoms with Crippen LogP contribution in [0.1, 0.15) is 25.2 Å². The van der Waals surface area contributed by atoms with E-state index < -0.39 is 0 Å². The number of nitrogens with zero attached hydrogens (tertiary/aromatic N) is 2. The van der Waals surface area contributed by atoms with Gasteiger partial charge in [-0.1, -0.05) is 60.7 Å². The Balaban J connectivity index is 1.26. The van der Waals surface area contributed by atoms with Crippen molar-refractivity contribution in [1.29, 1.82) is 0 Å². The van der Waals surface area contributed by atoms with Crippen molar-refractivity contribution in [2.75, 3.05) is 11.4 Å². The van der Waals surface area contributed by atoms with E-state index in [0.717, 1.165) is 35.5 Å². The summed E-state index contributed by atoms with van der Waals surface area (Å²) in [5, 5.41) is 0. The quantitative estimate of drug-likeness (QED) is 0.267. The van der Waals surface area contributed by atoms with Gasteiger partial charge in [0.25, 0.3) is 0 Å². The lowest BCUT2D eigenvalue weighted by Gasteiger charge is -2.15. The van der Waals surface area contributed by atoms with Crippen LogP contribution in [0.4, 0.5) is 5.69 Å². The first-order valence-electron chi connectivity index (χ1n) is 11.4. The third kappa shape index (κ3) is 4.76. The summed E-state index contributed by atoms with van der Waals surface area (Å²) in [5.74, 6) is 1.37. The van der Waals surface area contributed by atoms with Crippen molar-refractivity contribution in [1.82, 2.24) is 4.98 Å². The Hall–Kier alpha value is -4.19. The molecule has 1 aliphatic rings. The average molecular weight is 453 g/mol. The van der Waals surface area contributed by atoms with E-state index in [1.807, 2.05) is 60.7 Å². The van der Waals surface area contributed by atoms with Crippen LogP contribution in [0.25, 0.3) is 22.6 Å². The van der Waals surface area contributed by atoms with Gasteiger partial charge in [-0.25, -0.2) is 4.98 Å². The fourth-order valence-corrected chi connectivity index (χ4v) is 4.05. The summed E-state index contributed by atoms with van der Waals surface area (Å²) in [4.78, 5) is 30.8. The second-order valence-corrected chi connectivity index (χ2v) is 8.13.